The Bertz CT molecular complexity index is 694. The second-order valence-corrected chi connectivity index (χ2v) is 5.86. The smallest absolute Gasteiger partial charge is 0.336 e. The van der Waals surface area contributed by atoms with Crippen LogP contribution in [0.15, 0.2) is 42.5 Å². The van der Waals surface area contributed by atoms with Crippen LogP contribution in [0.5, 0.6) is 0 Å². The molecule has 0 saturated heterocycles. The fourth-order valence-electron chi connectivity index (χ4n) is 2.38. The first-order valence-electron chi connectivity index (χ1n) is 7.31. The highest BCUT2D eigenvalue weighted by atomic mass is 16.4. The maximum absolute atomic E-state index is 11.5. The number of anilines is 2. The fraction of sp³-hybridized carbons (Fsp3) is 0.278. The number of hydrogen-bond donors (Lipinski definition) is 2. The van der Waals surface area contributed by atoms with Gasteiger partial charge in [-0.2, -0.15) is 0 Å². The average molecular weight is 314 g/mol. The van der Waals surface area contributed by atoms with E-state index in [-0.39, 0.29) is 5.56 Å². The molecule has 122 valence electrons. The lowest BCUT2D eigenvalue weighted by Crippen LogP contribution is -2.13. The molecule has 0 aliphatic rings. The molecule has 5 nitrogen and oxygen atoms in total. The van der Waals surface area contributed by atoms with E-state index in [1.165, 1.54) is 0 Å². The summed E-state index contributed by atoms with van der Waals surface area (Å²) < 4.78 is 0. The number of benzene rings is 2. The van der Waals surface area contributed by atoms with Crippen LogP contribution in [0.1, 0.15) is 27.6 Å². The van der Waals surface area contributed by atoms with Crippen LogP contribution < -0.4 is 9.80 Å². The minimum Gasteiger partial charge on any atom is -0.478 e. The molecule has 1 atom stereocenters. The van der Waals surface area contributed by atoms with Gasteiger partial charge in [0.15, 0.2) is 0 Å². The molecule has 2 N–H and O–H groups in total. The van der Waals surface area contributed by atoms with Gasteiger partial charge in [0.05, 0.1) is 5.56 Å². The Hall–Kier alpha value is -2.53. The molecule has 23 heavy (non-hydrogen) atoms. The fourth-order valence-corrected chi connectivity index (χ4v) is 2.38. The normalized spacial score (nSPS) is 11.9. The zero-order valence-corrected chi connectivity index (χ0v) is 13.8. The van der Waals surface area contributed by atoms with Gasteiger partial charge in [-0.1, -0.05) is 18.2 Å². The van der Waals surface area contributed by atoms with E-state index in [2.05, 4.69) is 0 Å². The molecule has 5 heteroatoms. The van der Waals surface area contributed by atoms with Gasteiger partial charge in [0.2, 0.25) is 0 Å². The summed E-state index contributed by atoms with van der Waals surface area (Å²) in [7, 11) is 7.57. The largest absolute Gasteiger partial charge is 0.478 e. The lowest BCUT2D eigenvalue weighted by atomic mass is 9.96. The molecular formula is C18H22N2O3. The van der Waals surface area contributed by atoms with E-state index in [9.17, 15) is 15.0 Å². The number of aliphatic hydroxyl groups is 1. The third-order valence-electron chi connectivity index (χ3n) is 3.80. The topological polar surface area (TPSA) is 64.0 Å². The molecule has 2 aromatic rings. The van der Waals surface area contributed by atoms with Gasteiger partial charge in [-0.15, -0.1) is 0 Å². The van der Waals surface area contributed by atoms with Crippen molar-refractivity contribution in [3.05, 3.63) is 59.2 Å². The molecule has 0 saturated carbocycles. The highest BCUT2D eigenvalue weighted by Gasteiger charge is 2.19. The van der Waals surface area contributed by atoms with Gasteiger partial charge in [0.1, 0.15) is 6.10 Å². The summed E-state index contributed by atoms with van der Waals surface area (Å²) in [6, 6.07) is 12.5. The van der Waals surface area contributed by atoms with Crippen molar-refractivity contribution in [3.63, 3.8) is 0 Å². The monoisotopic (exact) mass is 314 g/mol. The number of hydrogen-bond acceptors (Lipinski definition) is 4. The van der Waals surface area contributed by atoms with Crippen molar-refractivity contribution in [1.29, 1.82) is 0 Å². The molecule has 1 unspecified atom stereocenters. The van der Waals surface area contributed by atoms with Gasteiger partial charge in [-0.05, 0) is 35.4 Å². The van der Waals surface area contributed by atoms with Crippen molar-refractivity contribution < 1.29 is 15.0 Å². The molecule has 0 amide bonds. The van der Waals surface area contributed by atoms with Gasteiger partial charge < -0.3 is 20.0 Å². The maximum Gasteiger partial charge on any atom is 0.336 e. The zero-order valence-electron chi connectivity index (χ0n) is 13.8. The maximum atomic E-state index is 11.5. The minimum absolute atomic E-state index is 0.111. The molecule has 0 heterocycles. The Kier molecular flexibility index (Phi) is 4.91. The van der Waals surface area contributed by atoms with Crippen molar-refractivity contribution in [2.24, 2.45) is 0 Å². The Labute approximate surface area is 136 Å². The number of rotatable bonds is 5. The summed E-state index contributed by atoms with van der Waals surface area (Å²) in [6.07, 6.45) is -0.978. The summed E-state index contributed by atoms with van der Waals surface area (Å²) in [5.41, 5.74) is 2.96. The summed E-state index contributed by atoms with van der Waals surface area (Å²) in [5, 5.41) is 20.0. The highest BCUT2D eigenvalue weighted by Crippen LogP contribution is 2.29. The van der Waals surface area contributed by atoms with Gasteiger partial charge in [-0.25, -0.2) is 4.79 Å². The van der Waals surface area contributed by atoms with E-state index in [1.807, 2.05) is 62.3 Å². The quantitative estimate of drug-likeness (QED) is 0.888. The Morgan fingerprint density at radius 2 is 1.43 bits per heavy atom. The van der Waals surface area contributed by atoms with Gasteiger partial charge >= 0.3 is 5.97 Å². The second-order valence-electron chi connectivity index (χ2n) is 5.86. The summed E-state index contributed by atoms with van der Waals surface area (Å²) in [6.45, 7) is 0. The molecule has 0 radical (unpaired) electrons. The standard InChI is InChI=1S/C18H22N2O3/c1-19(2)13-7-5-12(6-8-13)17(21)15-10-9-14(20(3)4)11-16(15)18(22)23/h5-11,17,21H,1-4H3,(H,22,23). The Morgan fingerprint density at radius 3 is 1.91 bits per heavy atom. The van der Waals surface area contributed by atoms with Gasteiger partial charge in [0, 0.05) is 39.6 Å². The third-order valence-corrected chi connectivity index (χ3v) is 3.80. The van der Waals surface area contributed by atoms with Crippen molar-refractivity contribution >= 4 is 17.3 Å². The van der Waals surface area contributed by atoms with Crippen LogP contribution in [0, 0.1) is 0 Å². The molecule has 0 aliphatic heterocycles. The Balaban J connectivity index is 2.41. The van der Waals surface area contributed by atoms with Crippen molar-refractivity contribution in [1.82, 2.24) is 0 Å². The van der Waals surface area contributed by atoms with Crippen LogP contribution in [-0.2, 0) is 0 Å². The van der Waals surface area contributed by atoms with E-state index in [0.717, 1.165) is 11.4 Å². The predicted octanol–water partition coefficient (Wildman–Crippen LogP) is 2.60. The summed E-state index contributed by atoms with van der Waals surface area (Å²) in [5.74, 6) is -1.05. The minimum atomic E-state index is -1.05. The average Bonchev–Trinajstić information content (AvgIpc) is 2.53. The SMILES string of the molecule is CN(C)c1ccc(C(O)c2ccc(N(C)C)cc2C(=O)O)cc1. The summed E-state index contributed by atoms with van der Waals surface area (Å²) >= 11 is 0. The molecular weight excluding hydrogens is 292 g/mol. The lowest BCUT2D eigenvalue weighted by Gasteiger charge is -2.19. The van der Waals surface area contributed by atoms with Crippen LogP contribution in [0.2, 0.25) is 0 Å². The lowest BCUT2D eigenvalue weighted by molar-refractivity contribution is 0.0691. The predicted molar refractivity (Wildman–Crippen MR) is 92.6 cm³/mol. The molecule has 0 spiro atoms. The number of carbonyl (C=O) groups is 1. The van der Waals surface area contributed by atoms with E-state index in [1.54, 1.807) is 18.2 Å². The van der Waals surface area contributed by atoms with Crippen LogP contribution in [0.4, 0.5) is 11.4 Å². The molecule has 0 bridgehead atoms. The molecule has 0 aliphatic carbocycles. The zero-order chi connectivity index (χ0) is 17.1. The van der Waals surface area contributed by atoms with E-state index in [4.69, 9.17) is 0 Å². The van der Waals surface area contributed by atoms with E-state index >= 15 is 0 Å². The number of aliphatic hydroxyl groups excluding tert-OH is 1. The van der Waals surface area contributed by atoms with Crippen LogP contribution in [0.25, 0.3) is 0 Å². The molecule has 2 rings (SSSR count). The van der Waals surface area contributed by atoms with Crippen LogP contribution in [0.3, 0.4) is 0 Å². The Morgan fingerprint density at radius 1 is 0.913 bits per heavy atom. The van der Waals surface area contributed by atoms with Gasteiger partial charge in [0.25, 0.3) is 0 Å². The van der Waals surface area contributed by atoms with Gasteiger partial charge in [-0.3, -0.25) is 0 Å². The first kappa shape index (κ1) is 16.8. The highest BCUT2D eigenvalue weighted by molar-refractivity contribution is 5.91. The van der Waals surface area contributed by atoms with Crippen molar-refractivity contribution in [2.45, 2.75) is 6.10 Å². The van der Waals surface area contributed by atoms with Crippen molar-refractivity contribution in [2.75, 3.05) is 38.0 Å². The van der Waals surface area contributed by atoms with E-state index < -0.39 is 12.1 Å². The van der Waals surface area contributed by atoms with E-state index in [0.29, 0.717) is 11.1 Å². The third kappa shape index (κ3) is 3.63. The molecule has 0 aromatic heterocycles. The number of nitrogens with zero attached hydrogens (tertiary/aromatic N) is 2. The number of carboxylic acids is 1. The molecule has 2 aromatic carbocycles. The first-order chi connectivity index (χ1) is 10.8. The number of carboxylic acid groups (broad SMARTS) is 1. The summed E-state index contributed by atoms with van der Waals surface area (Å²) in [4.78, 5) is 15.3. The first-order valence-corrected chi connectivity index (χ1v) is 7.31. The second kappa shape index (κ2) is 6.71. The van der Waals surface area contributed by atoms with Crippen LogP contribution >= 0.6 is 0 Å². The number of aromatic carboxylic acids is 1. The van der Waals surface area contributed by atoms with Crippen molar-refractivity contribution in [3.8, 4) is 0 Å². The molecule has 0 fully saturated rings. The van der Waals surface area contributed by atoms with Crippen LogP contribution in [-0.4, -0.2) is 44.4 Å².